The predicted molar refractivity (Wildman–Crippen MR) is 124 cm³/mol. The fourth-order valence-electron chi connectivity index (χ4n) is 5.69. The first-order valence-corrected chi connectivity index (χ1v) is 12.7. The van der Waals surface area contributed by atoms with Crippen LogP contribution in [-0.2, 0) is 14.9 Å². The molecule has 3 aliphatic carbocycles. The van der Waals surface area contributed by atoms with Crippen molar-refractivity contribution < 1.29 is 40.1 Å². The molecule has 0 saturated heterocycles. The van der Waals surface area contributed by atoms with Crippen molar-refractivity contribution in [3.63, 3.8) is 0 Å². The van der Waals surface area contributed by atoms with E-state index in [4.69, 9.17) is 9.29 Å². The lowest BCUT2D eigenvalue weighted by Gasteiger charge is -2.44. The van der Waals surface area contributed by atoms with Crippen LogP contribution in [0.4, 0.5) is 17.6 Å². The molecule has 0 amide bonds. The van der Waals surface area contributed by atoms with Gasteiger partial charge in [0.15, 0.2) is 16.5 Å². The van der Waals surface area contributed by atoms with Crippen LogP contribution in [0.2, 0.25) is 0 Å². The van der Waals surface area contributed by atoms with Gasteiger partial charge in [-0.1, -0.05) is 60.7 Å². The van der Waals surface area contributed by atoms with E-state index in [1.807, 2.05) is 48.5 Å². The van der Waals surface area contributed by atoms with Crippen molar-refractivity contribution in [1.82, 2.24) is 0 Å². The highest BCUT2D eigenvalue weighted by Crippen LogP contribution is 2.56. The number of hydrogen-bond acceptors (Lipinski definition) is 4. The number of carbonyl (C=O) groups excluding carboxylic acids is 1. The van der Waals surface area contributed by atoms with Crippen molar-refractivity contribution >= 4 is 26.9 Å². The van der Waals surface area contributed by atoms with Crippen LogP contribution in [0.15, 0.2) is 65.6 Å². The smallest absolute Gasteiger partial charge is 0.315 e. The molecular weight excluding hydrogens is 512 g/mol. The maximum Gasteiger partial charge on any atom is 0.315 e. The second kappa shape index (κ2) is 8.12. The molecule has 0 spiro atoms. The van der Waals surface area contributed by atoms with Crippen molar-refractivity contribution in [1.29, 1.82) is 0 Å². The minimum absolute atomic E-state index is 0.225. The van der Waals surface area contributed by atoms with Crippen LogP contribution in [0.5, 0.6) is 5.75 Å². The van der Waals surface area contributed by atoms with Crippen LogP contribution < -0.4 is 4.74 Å². The number of esters is 1. The number of halogens is 4. The monoisotopic (exact) mass is 528 g/mol. The van der Waals surface area contributed by atoms with Crippen LogP contribution in [0, 0.1) is 29.2 Å². The highest BCUT2D eigenvalue weighted by atomic mass is 32.2. The van der Waals surface area contributed by atoms with E-state index in [2.05, 4.69) is 6.07 Å². The fourth-order valence-corrected chi connectivity index (χ4v) is 6.32. The number of hydrogen-bond donors (Lipinski definition) is 1. The standard InChI is InChI=1S/C27H16F4O5S/c28-21-23(30)26(37(33,34)35)24(31)22(29)25(21)36-27(32)19-11-17-14-7-3-4-8-15(14)20(19)18-10-13-6-2-1-5-12(13)9-16(17)18/h1-10,17,19-20H,11H2,(H,33,34,35). The van der Waals surface area contributed by atoms with Crippen LogP contribution >= 0.6 is 0 Å². The molecule has 4 aromatic rings. The van der Waals surface area contributed by atoms with Crippen molar-refractivity contribution in [3.05, 3.63) is 106 Å². The van der Waals surface area contributed by atoms with Crippen molar-refractivity contribution in [2.24, 2.45) is 5.92 Å². The summed E-state index contributed by atoms with van der Waals surface area (Å²) in [7, 11) is -5.64. The Balaban J connectivity index is 1.45. The summed E-state index contributed by atoms with van der Waals surface area (Å²) >= 11 is 0. The zero-order valence-corrected chi connectivity index (χ0v) is 19.5. The summed E-state index contributed by atoms with van der Waals surface area (Å²) in [4.78, 5) is 11.1. The van der Waals surface area contributed by atoms with Gasteiger partial charge in [-0.3, -0.25) is 9.35 Å². The fraction of sp³-hybridized carbons (Fsp3) is 0.148. The molecule has 10 heteroatoms. The molecule has 1 N–H and O–H groups in total. The third kappa shape index (κ3) is 3.47. The van der Waals surface area contributed by atoms with E-state index in [1.165, 1.54) is 0 Å². The van der Waals surface area contributed by atoms with E-state index in [-0.39, 0.29) is 12.3 Å². The lowest BCUT2D eigenvalue weighted by atomic mass is 9.59. The summed E-state index contributed by atoms with van der Waals surface area (Å²) in [5.41, 5.74) is 3.70. The average molecular weight is 528 g/mol. The van der Waals surface area contributed by atoms with Crippen LogP contribution in [-0.4, -0.2) is 18.9 Å². The van der Waals surface area contributed by atoms with Crippen molar-refractivity contribution in [3.8, 4) is 5.75 Å². The van der Waals surface area contributed by atoms with Gasteiger partial charge in [-0.05, 0) is 39.4 Å². The Hall–Kier alpha value is -3.76. The maximum atomic E-state index is 14.6. The van der Waals surface area contributed by atoms with E-state index >= 15 is 0 Å². The Labute approximate surface area is 208 Å². The Kier molecular flexibility index (Phi) is 5.19. The van der Waals surface area contributed by atoms with Crippen LogP contribution in [0.1, 0.15) is 40.5 Å². The SMILES string of the molecule is O=C(Oc1c(F)c(F)c(S(=O)(=O)O)c(F)c1F)C1CC2c3ccccc3C1c1cc3ccccc3cc12. The Morgan fingerprint density at radius 2 is 1.32 bits per heavy atom. The Bertz CT molecular complexity index is 1720. The highest BCUT2D eigenvalue weighted by Gasteiger charge is 2.47. The molecule has 0 fully saturated rings. The highest BCUT2D eigenvalue weighted by molar-refractivity contribution is 7.85. The first kappa shape index (κ1) is 23.6. The lowest BCUT2D eigenvalue weighted by Crippen LogP contribution is -2.38. The molecule has 0 heterocycles. The maximum absolute atomic E-state index is 14.6. The van der Waals surface area contributed by atoms with E-state index in [0.717, 1.165) is 33.0 Å². The molecule has 3 unspecified atom stereocenters. The van der Waals surface area contributed by atoms with Crippen LogP contribution in [0.25, 0.3) is 10.8 Å². The summed E-state index contributed by atoms with van der Waals surface area (Å²) < 4.78 is 93.9. The molecular formula is C27H16F4O5S. The number of carbonyl (C=O) groups is 1. The van der Waals surface area contributed by atoms with Crippen LogP contribution in [0.3, 0.4) is 0 Å². The zero-order chi connectivity index (χ0) is 26.2. The first-order chi connectivity index (χ1) is 17.6. The third-order valence-corrected chi connectivity index (χ3v) is 8.08. The van der Waals surface area contributed by atoms with E-state index < -0.39 is 61.8 Å². The van der Waals surface area contributed by atoms with Gasteiger partial charge in [0.25, 0.3) is 0 Å². The molecule has 4 aromatic carbocycles. The Morgan fingerprint density at radius 1 is 0.784 bits per heavy atom. The summed E-state index contributed by atoms with van der Waals surface area (Å²) in [6.07, 6.45) is 0.225. The summed E-state index contributed by atoms with van der Waals surface area (Å²) in [6, 6.07) is 19.2. The number of ether oxygens (including phenoxy) is 1. The molecule has 37 heavy (non-hydrogen) atoms. The molecule has 188 valence electrons. The van der Waals surface area contributed by atoms with Gasteiger partial charge in [0, 0.05) is 11.8 Å². The second-order valence-electron chi connectivity index (χ2n) is 9.14. The molecule has 7 rings (SSSR count). The molecule has 2 bridgehead atoms. The number of benzene rings is 4. The van der Waals surface area contributed by atoms with Gasteiger partial charge >= 0.3 is 16.1 Å². The molecule has 0 aliphatic heterocycles. The number of fused-ring (bicyclic) bond motifs is 2. The van der Waals surface area contributed by atoms with Crippen molar-refractivity contribution in [2.45, 2.75) is 23.2 Å². The second-order valence-corrected chi connectivity index (χ2v) is 10.5. The molecule has 3 atom stereocenters. The van der Waals surface area contributed by atoms with E-state index in [9.17, 15) is 30.8 Å². The molecule has 0 radical (unpaired) electrons. The van der Waals surface area contributed by atoms with E-state index in [1.54, 1.807) is 6.07 Å². The molecule has 0 saturated carbocycles. The van der Waals surface area contributed by atoms with E-state index in [0.29, 0.717) is 0 Å². The summed E-state index contributed by atoms with van der Waals surface area (Å²) in [5, 5.41) is 1.94. The van der Waals surface area contributed by atoms with Gasteiger partial charge in [-0.2, -0.15) is 17.2 Å². The number of rotatable bonds is 3. The largest absolute Gasteiger partial charge is 0.420 e. The zero-order valence-electron chi connectivity index (χ0n) is 18.7. The summed E-state index contributed by atoms with van der Waals surface area (Å²) in [6.45, 7) is 0. The van der Waals surface area contributed by atoms with Gasteiger partial charge in [-0.15, -0.1) is 0 Å². The van der Waals surface area contributed by atoms with Gasteiger partial charge < -0.3 is 4.74 Å². The molecule has 0 aromatic heterocycles. The topological polar surface area (TPSA) is 80.7 Å². The van der Waals surface area contributed by atoms with Gasteiger partial charge in [-0.25, -0.2) is 8.78 Å². The first-order valence-electron chi connectivity index (χ1n) is 11.2. The Morgan fingerprint density at radius 3 is 1.92 bits per heavy atom. The quantitative estimate of drug-likeness (QED) is 0.119. The van der Waals surface area contributed by atoms with Gasteiger partial charge in [0.2, 0.25) is 17.4 Å². The van der Waals surface area contributed by atoms with Gasteiger partial charge in [0.05, 0.1) is 5.92 Å². The minimum Gasteiger partial charge on any atom is -0.420 e. The minimum atomic E-state index is -5.64. The van der Waals surface area contributed by atoms with Gasteiger partial charge in [0.1, 0.15) is 0 Å². The molecule has 3 aliphatic rings. The van der Waals surface area contributed by atoms with Crippen molar-refractivity contribution in [2.75, 3.05) is 0 Å². The normalized spacial score (nSPS) is 20.0. The molecule has 5 nitrogen and oxygen atoms in total. The third-order valence-electron chi connectivity index (χ3n) is 7.21. The predicted octanol–water partition coefficient (Wildman–Crippen LogP) is 5.85. The lowest BCUT2D eigenvalue weighted by molar-refractivity contribution is -0.140. The summed E-state index contributed by atoms with van der Waals surface area (Å²) in [5.74, 6) is -13.8. The average Bonchev–Trinajstić information content (AvgIpc) is 2.88.